The van der Waals surface area contributed by atoms with Gasteiger partial charge in [0.15, 0.2) is 0 Å². The molecule has 1 aliphatic carbocycles. The molecule has 5 fully saturated rings. The zero-order valence-electron chi connectivity index (χ0n) is 40.2. The Bertz CT molecular complexity index is 2650. The number of hydrogen-bond donors (Lipinski definition) is 2. The number of carbonyl (C=O) groups is 2. The molecular weight excluding hydrogens is 895 g/mol. The largest absolute Gasteiger partial charge is 0.481 e. The summed E-state index contributed by atoms with van der Waals surface area (Å²) in [6.07, 6.45) is 8.60. The fourth-order valence-corrected chi connectivity index (χ4v) is 13.1. The molecular formula is C49H71N7O9S2. The summed E-state index contributed by atoms with van der Waals surface area (Å²) in [5.74, 6) is 1.06. The van der Waals surface area contributed by atoms with Crippen molar-refractivity contribution in [2.24, 2.45) is 23.7 Å². The van der Waals surface area contributed by atoms with Crippen molar-refractivity contribution in [2.45, 2.75) is 146 Å². The number of imidazole rings is 2. The van der Waals surface area contributed by atoms with Gasteiger partial charge in [-0.2, -0.15) is 8.61 Å². The summed E-state index contributed by atoms with van der Waals surface area (Å²) in [4.78, 5) is 34.2. The van der Waals surface area contributed by atoms with Crippen molar-refractivity contribution in [3.05, 3.63) is 48.0 Å². The number of aliphatic carboxylic acids is 1. The van der Waals surface area contributed by atoms with E-state index in [0.29, 0.717) is 55.2 Å². The van der Waals surface area contributed by atoms with Crippen LogP contribution >= 0.6 is 0 Å². The van der Waals surface area contributed by atoms with E-state index in [1.54, 1.807) is 24.3 Å². The first-order valence-corrected chi connectivity index (χ1v) is 27.3. The summed E-state index contributed by atoms with van der Waals surface area (Å²) in [5.41, 5.74) is 2.92. The second kappa shape index (κ2) is 19.8. The first-order chi connectivity index (χ1) is 31.7. The number of carbonyl (C=O) groups excluding carboxylic acids is 1. The molecule has 1 saturated carbocycles. The quantitative estimate of drug-likeness (QED) is 0.163. The van der Waals surface area contributed by atoms with Crippen LogP contribution in [0.15, 0.2) is 46.2 Å². The SMILES string of the molecule is CC(C)(C)c1nc2cc(S(=O)(=O)N3CCCC(C(=O)NC4CC4)C3)ccc2n1CC1CCOCC1.CC(C)(C)c1nc2cc(S(=O)(=O)N3CCCC(C(=O)O)C3)ccc2n1CC1CCOCC1. The number of sulfonamides is 2. The molecule has 9 rings (SSSR count). The van der Waals surface area contributed by atoms with Crippen molar-refractivity contribution < 1.29 is 41.0 Å². The maximum atomic E-state index is 13.6. The van der Waals surface area contributed by atoms with Crippen LogP contribution in [0.25, 0.3) is 22.1 Å². The molecule has 0 bridgehead atoms. The first kappa shape index (κ1) is 49.5. The van der Waals surface area contributed by atoms with E-state index in [2.05, 4.69) is 56.0 Å². The van der Waals surface area contributed by atoms with Crippen molar-refractivity contribution in [2.75, 3.05) is 52.6 Å². The number of amides is 1. The summed E-state index contributed by atoms with van der Waals surface area (Å²) in [7, 11) is -7.49. The van der Waals surface area contributed by atoms with Crippen LogP contribution in [0.2, 0.25) is 0 Å². The van der Waals surface area contributed by atoms with Crippen LogP contribution in [0, 0.1) is 23.7 Å². The van der Waals surface area contributed by atoms with Crippen LogP contribution in [0.3, 0.4) is 0 Å². The lowest BCUT2D eigenvalue weighted by atomic mass is 9.94. The molecule has 67 heavy (non-hydrogen) atoms. The Hall–Kier alpha value is -3.94. The maximum absolute atomic E-state index is 13.6. The summed E-state index contributed by atoms with van der Waals surface area (Å²) in [5, 5.41) is 12.4. The molecule has 6 heterocycles. The highest BCUT2D eigenvalue weighted by Gasteiger charge is 2.37. The summed E-state index contributed by atoms with van der Waals surface area (Å²) in [6, 6.07) is 10.7. The summed E-state index contributed by atoms with van der Waals surface area (Å²) < 4.78 is 72.1. The van der Waals surface area contributed by atoms with Crippen molar-refractivity contribution >= 4 is 54.0 Å². The Balaban J connectivity index is 0.000000182. The van der Waals surface area contributed by atoms with Crippen LogP contribution in [0.5, 0.6) is 0 Å². The molecule has 4 saturated heterocycles. The predicted octanol–water partition coefficient (Wildman–Crippen LogP) is 6.69. The second-order valence-corrected chi connectivity index (χ2v) is 25.4. The molecule has 5 aliphatic rings. The zero-order chi connectivity index (χ0) is 47.9. The topological polar surface area (TPSA) is 195 Å². The lowest BCUT2D eigenvalue weighted by Crippen LogP contribution is -2.45. The Morgan fingerprint density at radius 1 is 0.642 bits per heavy atom. The van der Waals surface area contributed by atoms with Crippen LogP contribution in [0.1, 0.15) is 117 Å². The van der Waals surface area contributed by atoms with Crippen molar-refractivity contribution in [1.82, 2.24) is 33.0 Å². The number of carboxylic acids is 1. The Labute approximate surface area is 396 Å². The van der Waals surface area contributed by atoms with E-state index in [1.165, 1.54) is 8.61 Å². The molecule has 1 amide bonds. The van der Waals surface area contributed by atoms with E-state index >= 15 is 0 Å². The van der Waals surface area contributed by atoms with E-state index in [-0.39, 0.29) is 51.6 Å². The van der Waals surface area contributed by atoms with Gasteiger partial charge in [0.05, 0.1) is 43.7 Å². The van der Waals surface area contributed by atoms with Gasteiger partial charge in [-0.3, -0.25) is 9.59 Å². The van der Waals surface area contributed by atoms with Crippen LogP contribution in [-0.4, -0.2) is 120 Å². The average molecular weight is 966 g/mol. The third-order valence-corrected chi connectivity index (χ3v) is 17.8. The van der Waals surface area contributed by atoms with Gasteiger partial charge in [0.1, 0.15) is 11.6 Å². The smallest absolute Gasteiger partial charge is 0.307 e. The number of rotatable bonds is 11. The minimum Gasteiger partial charge on any atom is -0.481 e. The fourth-order valence-electron chi connectivity index (χ4n) is 10.0. The molecule has 2 unspecified atom stereocenters. The van der Waals surface area contributed by atoms with Gasteiger partial charge in [-0.05, 0) is 112 Å². The van der Waals surface area contributed by atoms with Crippen molar-refractivity contribution in [1.29, 1.82) is 0 Å². The van der Waals surface area contributed by atoms with Gasteiger partial charge in [-0.1, -0.05) is 41.5 Å². The monoisotopic (exact) mass is 965 g/mol. The lowest BCUT2D eigenvalue weighted by Gasteiger charge is -2.31. The summed E-state index contributed by atoms with van der Waals surface area (Å²) in [6.45, 7) is 18.7. The summed E-state index contributed by atoms with van der Waals surface area (Å²) >= 11 is 0. The number of hydrogen-bond acceptors (Lipinski definition) is 10. The second-order valence-electron chi connectivity index (χ2n) is 21.5. The van der Waals surface area contributed by atoms with E-state index < -0.39 is 31.9 Å². The average Bonchev–Trinajstić information content (AvgIpc) is 3.93. The Morgan fingerprint density at radius 2 is 1.06 bits per heavy atom. The first-order valence-electron chi connectivity index (χ1n) is 24.4. The third-order valence-electron chi connectivity index (χ3n) is 14.0. The minimum atomic E-state index is -3.78. The Morgan fingerprint density at radius 3 is 1.46 bits per heavy atom. The van der Waals surface area contributed by atoms with Gasteiger partial charge in [0, 0.05) is 82.6 Å². The number of aromatic nitrogens is 4. The van der Waals surface area contributed by atoms with E-state index in [9.17, 15) is 31.5 Å². The van der Waals surface area contributed by atoms with Crippen LogP contribution in [0.4, 0.5) is 0 Å². The Kier molecular flexibility index (Phi) is 14.6. The van der Waals surface area contributed by atoms with Gasteiger partial charge in [-0.25, -0.2) is 26.8 Å². The molecule has 368 valence electrons. The number of piperidine rings is 2. The van der Waals surface area contributed by atoms with Gasteiger partial charge >= 0.3 is 5.97 Å². The minimum absolute atomic E-state index is 0.00970. The maximum Gasteiger partial charge on any atom is 0.307 e. The molecule has 0 radical (unpaired) electrons. The highest BCUT2D eigenvalue weighted by atomic mass is 32.2. The van der Waals surface area contributed by atoms with Crippen molar-refractivity contribution in [3.63, 3.8) is 0 Å². The molecule has 4 aromatic rings. The predicted molar refractivity (Wildman–Crippen MR) is 256 cm³/mol. The molecule has 4 aliphatic heterocycles. The number of nitrogens with one attached hydrogen (secondary N) is 1. The van der Waals surface area contributed by atoms with Gasteiger partial charge in [0.2, 0.25) is 26.0 Å². The number of nitrogens with zero attached hydrogens (tertiary/aromatic N) is 6. The van der Waals surface area contributed by atoms with Gasteiger partial charge in [0.25, 0.3) is 0 Å². The van der Waals surface area contributed by atoms with Crippen molar-refractivity contribution in [3.8, 4) is 0 Å². The fraction of sp³-hybridized carbons (Fsp3) is 0.673. The van der Waals surface area contributed by atoms with E-state index in [0.717, 1.165) is 107 Å². The molecule has 2 N–H and O–H groups in total. The normalized spacial score (nSPS) is 22.4. The van der Waals surface area contributed by atoms with Gasteiger partial charge < -0.3 is 29.0 Å². The molecule has 2 aromatic heterocycles. The molecule has 18 heteroatoms. The van der Waals surface area contributed by atoms with E-state index in [4.69, 9.17) is 19.4 Å². The molecule has 2 aromatic carbocycles. The number of fused-ring (bicyclic) bond motifs is 2. The van der Waals surface area contributed by atoms with E-state index in [1.807, 2.05) is 12.1 Å². The van der Waals surface area contributed by atoms with Crippen LogP contribution < -0.4 is 5.32 Å². The third kappa shape index (κ3) is 11.3. The molecule has 0 spiro atoms. The highest BCUT2D eigenvalue weighted by molar-refractivity contribution is 7.89. The highest BCUT2D eigenvalue weighted by Crippen LogP contribution is 2.34. The standard InChI is InChI=1S/C26H38N4O4S.C23H33N3O5S/c1-26(2,3)25-28-22-15-21(8-9-23(22)30(25)16-18-10-13-34-14-11-18)35(32,33)29-12-4-5-19(17-29)24(31)27-20-6-7-20;1-23(2,3)22-24-19-13-18(32(29,30)25-10-4-5-17(15-25)21(27)28)6-7-20(19)26(22)14-16-8-11-31-12-9-16/h8-9,15,18-20H,4-7,10-14,16-17H2,1-3H3,(H,27,31);6-7,13,16-17H,4-5,8-12,14-15H2,1-3H3,(H,27,28). The van der Waals surface area contributed by atoms with Crippen LogP contribution in [-0.2, 0) is 63.0 Å². The lowest BCUT2D eigenvalue weighted by molar-refractivity contribution is -0.142. The number of ether oxygens (including phenoxy) is 2. The molecule has 2 atom stereocenters. The number of benzene rings is 2. The molecule has 16 nitrogen and oxygen atoms in total. The zero-order valence-corrected chi connectivity index (χ0v) is 41.8. The number of carboxylic acid groups (broad SMARTS) is 1. The van der Waals surface area contributed by atoms with Gasteiger partial charge in [-0.15, -0.1) is 0 Å².